The van der Waals surface area contributed by atoms with Crippen LogP contribution in [0.25, 0.3) is 28.0 Å². The maximum Gasteiger partial charge on any atom is 0.276 e. The number of nitrogen functional groups attached to an aromatic ring is 1. The van der Waals surface area contributed by atoms with Gasteiger partial charge in [0.1, 0.15) is 22.3 Å². The second kappa shape index (κ2) is 12.1. The topological polar surface area (TPSA) is 120 Å². The van der Waals surface area contributed by atoms with Crippen LogP contribution in [0, 0.1) is 34.7 Å². The average Bonchev–Trinajstić information content (AvgIpc) is 3.02. The molecule has 2 aromatic heterocycles. The number of anilines is 2. The Hall–Kier alpha value is -4.47. The van der Waals surface area contributed by atoms with E-state index in [0.717, 1.165) is 0 Å². The third-order valence-electron chi connectivity index (χ3n) is 8.03. The van der Waals surface area contributed by atoms with Crippen LogP contribution < -0.4 is 21.5 Å². The van der Waals surface area contributed by atoms with Crippen molar-refractivity contribution in [2.24, 2.45) is 5.92 Å². The molecule has 2 aliphatic heterocycles. The average molecular weight is 659 g/mol. The minimum Gasteiger partial charge on any atom is -0.397 e. The van der Waals surface area contributed by atoms with E-state index in [9.17, 15) is 23.6 Å². The fraction of sp³-hybridized carbons (Fsp3) is 0.290. The van der Waals surface area contributed by atoms with Crippen LogP contribution in [0.2, 0.25) is 10.0 Å². The maximum absolute atomic E-state index is 15.3. The first-order valence-electron chi connectivity index (χ1n) is 13.9. The third-order valence-corrected chi connectivity index (χ3v) is 8.68. The van der Waals surface area contributed by atoms with E-state index < -0.39 is 45.3 Å². The number of benzene rings is 1. The molecule has 0 radical (unpaired) electrons. The molecule has 9 nitrogen and oxygen atoms in total. The van der Waals surface area contributed by atoms with Gasteiger partial charge in [0.15, 0.2) is 17.5 Å². The van der Waals surface area contributed by atoms with E-state index in [1.807, 2.05) is 19.9 Å². The number of hydrogen-bond acceptors (Lipinski definition) is 7. The van der Waals surface area contributed by atoms with Gasteiger partial charge in [0.2, 0.25) is 5.91 Å². The molecule has 14 heteroatoms. The van der Waals surface area contributed by atoms with Crippen molar-refractivity contribution in [3.8, 4) is 17.3 Å². The lowest BCUT2D eigenvalue weighted by Gasteiger charge is -2.37. The first kappa shape index (κ1) is 31.9. The summed E-state index contributed by atoms with van der Waals surface area (Å²) in [4.78, 5) is 34.5. The van der Waals surface area contributed by atoms with Crippen LogP contribution in [0.5, 0.6) is 0 Å². The Labute approximate surface area is 266 Å². The van der Waals surface area contributed by atoms with Crippen LogP contribution in [0.3, 0.4) is 0 Å². The fourth-order valence-electron chi connectivity index (χ4n) is 5.77. The number of nitrogens with zero attached hydrogens (tertiary/aromatic N) is 5. The van der Waals surface area contributed by atoms with E-state index >= 15 is 4.39 Å². The quantitative estimate of drug-likeness (QED) is 0.162. The highest BCUT2D eigenvalue weighted by Gasteiger charge is 2.33. The molecule has 0 aliphatic carbocycles. The van der Waals surface area contributed by atoms with E-state index in [1.165, 1.54) is 16.7 Å². The summed E-state index contributed by atoms with van der Waals surface area (Å²) < 4.78 is 45.4. The van der Waals surface area contributed by atoms with E-state index in [4.69, 9.17) is 28.9 Å². The second-order valence-electron chi connectivity index (χ2n) is 11.0. The number of amides is 1. The summed E-state index contributed by atoms with van der Waals surface area (Å²) >= 11 is 12.6. The second-order valence-corrected chi connectivity index (χ2v) is 11.8. The zero-order chi connectivity index (χ0) is 32.9. The van der Waals surface area contributed by atoms with Crippen molar-refractivity contribution in [1.82, 2.24) is 19.8 Å². The molecule has 3 aromatic rings. The van der Waals surface area contributed by atoms with Crippen LogP contribution in [0.15, 0.2) is 41.4 Å². The Bertz CT molecular complexity index is 1910. The highest BCUT2D eigenvalue weighted by molar-refractivity contribution is 6.36. The van der Waals surface area contributed by atoms with Crippen molar-refractivity contribution < 1.29 is 18.0 Å². The number of allylic oxidation sites excluding steroid dienone is 2. The van der Waals surface area contributed by atoms with Crippen molar-refractivity contribution in [2.45, 2.75) is 26.8 Å². The number of rotatable bonds is 5. The molecular formula is C31H28Cl2F3N7O2. The molecule has 45 heavy (non-hydrogen) atoms. The molecule has 1 aromatic carbocycles. The smallest absolute Gasteiger partial charge is 0.276 e. The summed E-state index contributed by atoms with van der Waals surface area (Å²) in [7, 11) is 0. The molecule has 0 spiro atoms. The van der Waals surface area contributed by atoms with Gasteiger partial charge in [-0.05, 0) is 42.8 Å². The molecule has 2 aliphatic rings. The summed E-state index contributed by atoms with van der Waals surface area (Å²) in [6.07, 6.45) is 4.71. The minimum atomic E-state index is -1.87. The Kier molecular flexibility index (Phi) is 8.62. The zero-order valence-corrected chi connectivity index (χ0v) is 26.0. The van der Waals surface area contributed by atoms with Crippen LogP contribution in [0.1, 0.15) is 26.3 Å². The lowest BCUT2D eigenvalue weighted by atomic mass is 9.94. The van der Waals surface area contributed by atoms with Crippen LogP contribution in [-0.4, -0.2) is 52.6 Å². The van der Waals surface area contributed by atoms with Gasteiger partial charge in [-0.2, -0.15) is 5.26 Å². The molecule has 0 saturated carbocycles. The number of nitriles is 1. The monoisotopic (exact) mass is 657 g/mol. The highest BCUT2D eigenvalue weighted by atomic mass is 35.5. The maximum atomic E-state index is 15.3. The van der Waals surface area contributed by atoms with Crippen molar-refractivity contribution in [2.75, 3.05) is 36.8 Å². The van der Waals surface area contributed by atoms with E-state index in [1.54, 1.807) is 29.0 Å². The van der Waals surface area contributed by atoms with E-state index in [2.05, 4.69) is 16.9 Å². The number of fused-ring (bicyclic) bond motifs is 1. The summed E-state index contributed by atoms with van der Waals surface area (Å²) in [5.74, 6) is -5.50. The minimum absolute atomic E-state index is 0.0326. The highest BCUT2D eigenvalue weighted by Crippen LogP contribution is 2.42. The molecule has 1 amide bonds. The fourth-order valence-corrected chi connectivity index (χ4v) is 6.19. The molecule has 1 atom stereocenters. The van der Waals surface area contributed by atoms with Gasteiger partial charge in [-0.15, -0.1) is 0 Å². The molecule has 3 N–H and O–H groups in total. The van der Waals surface area contributed by atoms with Gasteiger partial charge in [0, 0.05) is 31.6 Å². The summed E-state index contributed by atoms with van der Waals surface area (Å²) in [5, 5.41) is 12.8. The number of aromatic nitrogens is 2. The standard InChI is InChI=1S/C31H28Cl2F3N7O2/c1-5-19(44)41-8-10-42(11-9-41)29-16-12-18(32)27(20-22(34)24(36)23(35)21(33)25(20)38)40-30(16)43(31(45)17(29)13-37)28-15(4)6-7-39-26(28)14(2)3/h5-7,12,14,26,39H,1,8-11,38H2,2-4H3. The van der Waals surface area contributed by atoms with Crippen molar-refractivity contribution in [1.29, 1.82) is 5.26 Å². The van der Waals surface area contributed by atoms with Crippen LogP contribution in [-0.2, 0) is 4.79 Å². The molecule has 1 saturated heterocycles. The molecule has 5 rings (SSSR count). The Morgan fingerprint density at radius 3 is 2.47 bits per heavy atom. The number of hydrogen-bond donors (Lipinski definition) is 2. The first-order chi connectivity index (χ1) is 21.3. The molecule has 4 heterocycles. The largest absolute Gasteiger partial charge is 0.397 e. The van der Waals surface area contributed by atoms with Gasteiger partial charge in [-0.25, -0.2) is 18.2 Å². The number of halogens is 5. The molecule has 234 valence electrons. The number of dihydropyridines is 1. The number of carbonyl (C=O) groups is 1. The number of carbonyl (C=O) groups excluding carboxylic acids is 1. The predicted molar refractivity (Wildman–Crippen MR) is 169 cm³/mol. The van der Waals surface area contributed by atoms with Crippen molar-refractivity contribution >= 4 is 57.2 Å². The SMILES string of the molecule is C=CC(=O)N1CCN(c2c(C#N)c(=O)n(C3=C(C)C=CNC3C(C)C)c3nc(-c4c(N)c(Cl)c(F)c(F)c4F)c(Cl)cc23)CC1. The normalized spacial score (nSPS) is 16.8. The van der Waals surface area contributed by atoms with Gasteiger partial charge in [0.05, 0.1) is 39.4 Å². The zero-order valence-electron chi connectivity index (χ0n) is 24.5. The molecule has 0 bridgehead atoms. The summed E-state index contributed by atoms with van der Waals surface area (Å²) in [6.45, 7) is 10.3. The Morgan fingerprint density at radius 1 is 1.20 bits per heavy atom. The summed E-state index contributed by atoms with van der Waals surface area (Å²) in [6, 6.07) is 3.02. The third kappa shape index (κ3) is 5.19. The Morgan fingerprint density at radius 2 is 1.87 bits per heavy atom. The van der Waals surface area contributed by atoms with E-state index in [-0.39, 0.29) is 71.0 Å². The van der Waals surface area contributed by atoms with Crippen LogP contribution >= 0.6 is 23.2 Å². The molecule has 1 unspecified atom stereocenters. The lowest BCUT2D eigenvalue weighted by Crippen LogP contribution is -2.49. The number of pyridine rings is 2. The van der Waals surface area contributed by atoms with Gasteiger partial charge < -0.3 is 20.9 Å². The Balaban J connectivity index is 1.90. The van der Waals surface area contributed by atoms with Gasteiger partial charge >= 0.3 is 0 Å². The summed E-state index contributed by atoms with van der Waals surface area (Å²) in [5.41, 5.74) is 4.71. The lowest BCUT2D eigenvalue weighted by molar-refractivity contribution is -0.126. The predicted octanol–water partition coefficient (Wildman–Crippen LogP) is 5.45. The first-order valence-corrected chi connectivity index (χ1v) is 14.7. The van der Waals surface area contributed by atoms with Gasteiger partial charge in [0.25, 0.3) is 5.56 Å². The van der Waals surface area contributed by atoms with Crippen molar-refractivity contribution in [3.05, 3.63) is 80.0 Å². The van der Waals surface area contributed by atoms with E-state index in [0.29, 0.717) is 11.3 Å². The number of nitrogens with two attached hydrogens (primary N) is 1. The van der Waals surface area contributed by atoms with Crippen LogP contribution in [0.4, 0.5) is 24.5 Å². The molecule has 1 fully saturated rings. The van der Waals surface area contributed by atoms with Gasteiger partial charge in [-0.1, -0.05) is 43.6 Å². The van der Waals surface area contributed by atoms with Gasteiger partial charge in [-0.3, -0.25) is 14.2 Å². The van der Waals surface area contributed by atoms with Crippen molar-refractivity contribution in [3.63, 3.8) is 0 Å². The number of piperazine rings is 1. The molecular weight excluding hydrogens is 630 g/mol. The number of nitrogens with one attached hydrogen (secondary N) is 1.